The molecule has 4 heteroatoms. The highest BCUT2D eigenvalue weighted by Crippen LogP contribution is 2.30. The zero-order valence-electron chi connectivity index (χ0n) is 14.4. The number of carbonyl (C=O) groups excluding carboxylic acids is 1. The summed E-state index contributed by atoms with van der Waals surface area (Å²) in [5.74, 6) is 1.34. The third kappa shape index (κ3) is 3.12. The molecule has 0 spiro atoms. The van der Waals surface area contributed by atoms with E-state index in [1.807, 2.05) is 53.4 Å². The number of hydrogen-bond acceptors (Lipinski definition) is 2. The van der Waals surface area contributed by atoms with E-state index in [1.165, 1.54) is 5.69 Å². The molecule has 1 atom stereocenters. The van der Waals surface area contributed by atoms with Crippen molar-refractivity contribution in [2.75, 3.05) is 20.2 Å². The summed E-state index contributed by atoms with van der Waals surface area (Å²) in [4.78, 5) is 18.2. The normalized spacial score (nSPS) is 17.6. The predicted molar refractivity (Wildman–Crippen MR) is 99.2 cm³/mol. The van der Waals surface area contributed by atoms with Gasteiger partial charge in [0.25, 0.3) is 5.91 Å². The van der Waals surface area contributed by atoms with Gasteiger partial charge in [-0.1, -0.05) is 18.2 Å². The number of piperidine rings is 1. The molecule has 1 amide bonds. The average molecular weight is 334 g/mol. The molecule has 1 unspecified atom stereocenters. The van der Waals surface area contributed by atoms with E-state index >= 15 is 0 Å². The lowest BCUT2D eigenvalue weighted by Crippen LogP contribution is -2.39. The fourth-order valence-electron chi connectivity index (χ4n) is 3.66. The molecule has 1 aliphatic rings. The van der Waals surface area contributed by atoms with Crippen molar-refractivity contribution in [2.24, 2.45) is 0 Å². The molecule has 0 bridgehead atoms. The van der Waals surface area contributed by atoms with Crippen LogP contribution in [0.4, 0.5) is 0 Å². The molecule has 1 N–H and O–H groups in total. The summed E-state index contributed by atoms with van der Waals surface area (Å²) < 4.78 is 5.31. The molecule has 2 heterocycles. The van der Waals surface area contributed by atoms with Crippen LogP contribution in [-0.4, -0.2) is 36.0 Å². The Kier molecular flexibility index (Phi) is 4.18. The lowest BCUT2D eigenvalue weighted by molar-refractivity contribution is 0.0706. The Hall–Kier alpha value is -2.75. The van der Waals surface area contributed by atoms with Crippen molar-refractivity contribution < 1.29 is 9.53 Å². The molecule has 128 valence electrons. The van der Waals surface area contributed by atoms with Crippen LogP contribution in [-0.2, 0) is 0 Å². The minimum atomic E-state index is 0.128. The lowest BCUT2D eigenvalue weighted by Gasteiger charge is -2.32. The number of benzene rings is 2. The maximum Gasteiger partial charge on any atom is 0.253 e. The van der Waals surface area contributed by atoms with E-state index in [9.17, 15) is 4.79 Å². The monoisotopic (exact) mass is 334 g/mol. The Morgan fingerprint density at radius 2 is 2.00 bits per heavy atom. The number of nitrogens with zero attached hydrogens (tertiary/aromatic N) is 1. The molecule has 0 radical (unpaired) electrons. The van der Waals surface area contributed by atoms with E-state index in [1.54, 1.807) is 7.11 Å². The number of fused-ring (bicyclic) bond motifs is 1. The van der Waals surface area contributed by atoms with Crippen molar-refractivity contribution >= 4 is 16.8 Å². The number of aromatic amines is 1. The molecule has 0 aliphatic carbocycles. The van der Waals surface area contributed by atoms with Crippen LogP contribution in [0.15, 0.2) is 54.6 Å². The molecule has 1 aliphatic heterocycles. The van der Waals surface area contributed by atoms with Gasteiger partial charge in [-0.25, -0.2) is 0 Å². The summed E-state index contributed by atoms with van der Waals surface area (Å²) in [5.41, 5.74) is 3.08. The standard InChI is InChI=1S/C21H22N2O2/c1-25-18-9-10-19-17(12-18)13-20(22-19)16-8-5-11-23(14-16)21(24)15-6-3-2-4-7-15/h2-4,6-7,9-10,12-13,16,22H,5,8,11,14H2,1H3. The van der Waals surface area contributed by atoms with Gasteiger partial charge in [0, 0.05) is 41.2 Å². The van der Waals surface area contributed by atoms with E-state index in [0.29, 0.717) is 5.92 Å². The highest BCUT2D eigenvalue weighted by molar-refractivity contribution is 5.94. The quantitative estimate of drug-likeness (QED) is 0.780. The van der Waals surface area contributed by atoms with Crippen molar-refractivity contribution in [3.05, 3.63) is 65.9 Å². The summed E-state index contributed by atoms with van der Waals surface area (Å²) in [6.45, 7) is 1.59. The van der Waals surface area contributed by atoms with Crippen molar-refractivity contribution in [1.82, 2.24) is 9.88 Å². The van der Waals surface area contributed by atoms with Gasteiger partial charge >= 0.3 is 0 Å². The van der Waals surface area contributed by atoms with Gasteiger partial charge in [-0.3, -0.25) is 4.79 Å². The predicted octanol–water partition coefficient (Wildman–Crippen LogP) is 4.20. The summed E-state index contributed by atoms with van der Waals surface area (Å²) in [6, 6.07) is 17.8. The first-order chi connectivity index (χ1) is 12.2. The number of likely N-dealkylation sites (tertiary alicyclic amines) is 1. The number of hydrogen-bond donors (Lipinski definition) is 1. The van der Waals surface area contributed by atoms with Crippen LogP contribution in [0.2, 0.25) is 0 Å². The zero-order chi connectivity index (χ0) is 17.2. The molecule has 1 fully saturated rings. The second-order valence-electron chi connectivity index (χ2n) is 6.63. The third-order valence-electron chi connectivity index (χ3n) is 5.02. The highest BCUT2D eigenvalue weighted by atomic mass is 16.5. The largest absolute Gasteiger partial charge is 0.497 e. The number of rotatable bonds is 3. The lowest BCUT2D eigenvalue weighted by atomic mass is 9.94. The van der Waals surface area contributed by atoms with Crippen molar-refractivity contribution in [1.29, 1.82) is 0 Å². The van der Waals surface area contributed by atoms with E-state index in [-0.39, 0.29) is 5.91 Å². The fourth-order valence-corrected chi connectivity index (χ4v) is 3.66. The first-order valence-electron chi connectivity index (χ1n) is 8.75. The molecule has 4 rings (SSSR count). The van der Waals surface area contributed by atoms with Crippen LogP contribution in [0, 0.1) is 0 Å². The molecule has 3 aromatic rings. The topological polar surface area (TPSA) is 45.3 Å². The number of amides is 1. The molecular formula is C21H22N2O2. The van der Waals surface area contributed by atoms with Crippen LogP contribution in [0.1, 0.15) is 34.8 Å². The van der Waals surface area contributed by atoms with Gasteiger partial charge in [-0.2, -0.15) is 0 Å². The van der Waals surface area contributed by atoms with Gasteiger partial charge in [-0.15, -0.1) is 0 Å². The molecule has 1 saturated heterocycles. The maximum absolute atomic E-state index is 12.7. The second-order valence-corrected chi connectivity index (χ2v) is 6.63. The highest BCUT2D eigenvalue weighted by Gasteiger charge is 2.26. The molecule has 1 aromatic heterocycles. The van der Waals surface area contributed by atoms with E-state index in [2.05, 4.69) is 11.1 Å². The minimum Gasteiger partial charge on any atom is -0.497 e. The number of H-pyrrole nitrogens is 1. The van der Waals surface area contributed by atoms with Gasteiger partial charge in [-0.05, 0) is 49.2 Å². The number of carbonyl (C=O) groups is 1. The first-order valence-corrected chi connectivity index (χ1v) is 8.75. The van der Waals surface area contributed by atoms with E-state index in [0.717, 1.165) is 48.1 Å². The van der Waals surface area contributed by atoms with Gasteiger partial charge < -0.3 is 14.6 Å². The SMILES string of the molecule is COc1ccc2[nH]c(C3CCCN(C(=O)c4ccccc4)C3)cc2c1. The Morgan fingerprint density at radius 3 is 2.80 bits per heavy atom. The summed E-state index contributed by atoms with van der Waals surface area (Å²) >= 11 is 0. The Labute approximate surface area is 147 Å². The van der Waals surface area contributed by atoms with Gasteiger partial charge in [0.1, 0.15) is 5.75 Å². The second kappa shape index (κ2) is 6.63. The summed E-state index contributed by atoms with van der Waals surface area (Å²) in [5, 5.41) is 1.15. The van der Waals surface area contributed by atoms with Gasteiger partial charge in [0.15, 0.2) is 0 Å². The van der Waals surface area contributed by atoms with Crippen molar-refractivity contribution in [3.8, 4) is 5.75 Å². The van der Waals surface area contributed by atoms with E-state index < -0.39 is 0 Å². The Balaban J connectivity index is 1.56. The summed E-state index contributed by atoms with van der Waals surface area (Å²) in [7, 11) is 1.68. The van der Waals surface area contributed by atoms with Crippen LogP contribution < -0.4 is 4.74 Å². The van der Waals surface area contributed by atoms with Gasteiger partial charge in [0.2, 0.25) is 0 Å². The van der Waals surface area contributed by atoms with Crippen molar-refractivity contribution in [2.45, 2.75) is 18.8 Å². The molecule has 2 aromatic carbocycles. The maximum atomic E-state index is 12.7. The summed E-state index contributed by atoms with van der Waals surface area (Å²) in [6.07, 6.45) is 2.13. The number of ether oxygens (including phenoxy) is 1. The first kappa shape index (κ1) is 15.8. The Morgan fingerprint density at radius 1 is 1.16 bits per heavy atom. The van der Waals surface area contributed by atoms with Crippen molar-refractivity contribution in [3.63, 3.8) is 0 Å². The van der Waals surface area contributed by atoms with Crippen LogP contribution >= 0.6 is 0 Å². The minimum absolute atomic E-state index is 0.128. The number of nitrogens with one attached hydrogen (secondary N) is 1. The molecule has 0 saturated carbocycles. The molecular weight excluding hydrogens is 312 g/mol. The third-order valence-corrected chi connectivity index (χ3v) is 5.02. The number of methoxy groups -OCH3 is 1. The Bertz CT molecular complexity index is 885. The molecule has 25 heavy (non-hydrogen) atoms. The average Bonchev–Trinajstić information content (AvgIpc) is 3.11. The number of aromatic nitrogens is 1. The fraction of sp³-hybridized carbons (Fsp3) is 0.286. The van der Waals surface area contributed by atoms with E-state index in [4.69, 9.17) is 4.74 Å². The zero-order valence-corrected chi connectivity index (χ0v) is 14.4. The van der Waals surface area contributed by atoms with Crippen LogP contribution in [0.3, 0.4) is 0 Å². The van der Waals surface area contributed by atoms with Gasteiger partial charge in [0.05, 0.1) is 7.11 Å². The van der Waals surface area contributed by atoms with Crippen LogP contribution in [0.5, 0.6) is 5.75 Å². The smallest absolute Gasteiger partial charge is 0.253 e. The van der Waals surface area contributed by atoms with Crippen LogP contribution in [0.25, 0.3) is 10.9 Å². The molecule has 4 nitrogen and oxygen atoms in total.